The normalized spacial score (nSPS) is 10.5. The van der Waals surface area contributed by atoms with Gasteiger partial charge in [-0.1, -0.05) is 22.0 Å². The first-order chi connectivity index (χ1) is 11.7. The van der Waals surface area contributed by atoms with Crippen molar-refractivity contribution >= 4 is 33.4 Å². The number of hydrogen-bond acceptors (Lipinski definition) is 5. The van der Waals surface area contributed by atoms with Crippen molar-refractivity contribution in [2.75, 3.05) is 17.2 Å². The first-order valence-corrected chi connectivity index (χ1v) is 8.52. The number of anilines is 3. The van der Waals surface area contributed by atoms with Gasteiger partial charge in [0.25, 0.3) is 0 Å². The lowest BCUT2D eigenvalue weighted by atomic mass is 10.2. The van der Waals surface area contributed by atoms with Gasteiger partial charge in [0.1, 0.15) is 5.82 Å². The van der Waals surface area contributed by atoms with Crippen LogP contribution in [0.1, 0.15) is 12.5 Å². The summed E-state index contributed by atoms with van der Waals surface area (Å²) in [6.07, 6.45) is 3.55. The summed E-state index contributed by atoms with van der Waals surface area (Å²) in [5.74, 6) is 1.33. The monoisotopic (exact) mass is 383 g/mol. The summed E-state index contributed by atoms with van der Waals surface area (Å²) >= 11 is 3.56. The first-order valence-electron chi connectivity index (χ1n) is 7.73. The lowest BCUT2D eigenvalue weighted by Gasteiger charge is -2.13. The van der Waals surface area contributed by atoms with E-state index in [4.69, 9.17) is 0 Å². The molecule has 0 aliphatic heterocycles. The second kappa shape index (κ2) is 7.40. The molecule has 0 saturated heterocycles. The largest absolute Gasteiger partial charge is 0.354 e. The molecule has 3 rings (SSSR count). The Hall–Kier alpha value is -2.47. The molecule has 0 amide bonds. The number of nitrogens with one attached hydrogen (secondary N) is 2. The molecule has 5 nitrogen and oxygen atoms in total. The van der Waals surface area contributed by atoms with Crippen LogP contribution in [-0.4, -0.2) is 21.5 Å². The molecule has 0 saturated carbocycles. The third kappa shape index (κ3) is 3.71. The number of halogens is 1. The zero-order chi connectivity index (χ0) is 16.9. The molecule has 122 valence electrons. The van der Waals surface area contributed by atoms with Crippen LogP contribution in [0.2, 0.25) is 0 Å². The minimum atomic E-state index is 0.592. The summed E-state index contributed by atoms with van der Waals surface area (Å²) in [5, 5.41) is 6.56. The highest BCUT2D eigenvalue weighted by molar-refractivity contribution is 9.10. The predicted molar refractivity (Wildman–Crippen MR) is 102 cm³/mol. The second-order valence-corrected chi connectivity index (χ2v) is 6.13. The van der Waals surface area contributed by atoms with Crippen molar-refractivity contribution in [1.82, 2.24) is 15.0 Å². The molecule has 24 heavy (non-hydrogen) atoms. The van der Waals surface area contributed by atoms with Crippen LogP contribution in [0.5, 0.6) is 0 Å². The van der Waals surface area contributed by atoms with E-state index in [2.05, 4.69) is 48.4 Å². The predicted octanol–water partition coefficient (Wildman–Crippen LogP) is 4.78. The molecule has 0 spiro atoms. The molecule has 6 heteroatoms. The van der Waals surface area contributed by atoms with Crippen LogP contribution >= 0.6 is 15.9 Å². The van der Waals surface area contributed by atoms with E-state index < -0.39 is 0 Å². The first kappa shape index (κ1) is 16.4. The van der Waals surface area contributed by atoms with Gasteiger partial charge in [-0.25, -0.2) is 4.98 Å². The number of hydrogen-bond donors (Lipinski definition) is 2. The van der Waals surface area contributed by atoms with Crippen LogP contribution in [0.3, 0.4) is 0 Å². The number of nitrogens with zero attached hydrogens (tertiary/aromatic N) is 3. The van der Waals surface area contributed by atoms with Gasteiger partial charge in [0, 0.05) is 40.7 Å². The molecule has 0 bridgehead atoms. The molecule has 2 N–H and O–H groups in total. The van der Waals surface area contributed by atoms with Gasteiger partial charge in [-0.2, -0.15) is 4.98 Å². The molecule has 1 aromatic carbocycles. The van der Waals surface area contributed by atoms with Gasteiger partial charge >= 0.3 is 0 Å². The van der Waals surface area contributed by atoms with Gasteiger partial charge in [0.15, 0.2) is 0 Å². The van der Waals surface area contributed by atoms with E-state index in [1.165, 1.54) is 0 Å². The lowest BCUT2D eigenvalue weighted by molar-refractivity contribution is 1.09. The third-order valence-corrected chi connectivity index (χ3v) is 4.41. The van der Waals surface area contributed by atoms with Crippen LogP contribution in [0.25, 0.3) is 11.3 Å². The zero-order valence-electron chi connectivity index (χ0n) is 13.5. The minimum Gasteiger partial charge on any atom is -0.354 e. The molecular formula is C18H18BrN5. The van der Waals surface area contributed by atoms with Crippen molar-refractivity contribution in [1.29, 1.82) is 0 Å². The summed E-state index contributed by atoms with van der Waals surface area (Å²) < 4.78 is 1.06. The number of benzene rings is 1. The van der Waals surface area contributed by atoms with Gasteiger partial charge in [-0.05, 0) is 43.7 Å². The van der Waals surface area contributed by atoms with Crippen molar-refractivity contribution in [2.45, 2.75) is 13.8 Å². The highest BCUT2D eigenvalue weighted by Crippen LogP contribution is 2.28. The Balaban J connectivity index is 2.00. The van der Waals surface area contributed by atoms with E-state index >= 15 is 0 Å². The molecule has 0 atom stereocenters. The van der Waals surface area contributed by atoms with Crippen LogP contribution in [0.15, 0.2) is 53.3 Å². The van der Waals surface area contributed by atoms with Gasteiger partial charge in [0.05, 0.1) is 5.69 Å². The topological polar surface area (TPSA) is 62.7 Å². The molecule has 0 radical (unpaired) electrons. The van der Waals surface area contributed by atoms with Crippen LogP contribution < -0.4 is 10.6 Å². The average molecular weight is 384 g/mol. The Labute approximate surface area is 149 Å². The van der Waals surface area contributed by atoms with Crippen molar-refractivity contribution in [3.8, 4) is 11.3 Å². The zero-order valence-corrected chi connectivity index (χ0v) is 15.1. The summed E-state index contributed by atoms with van der Waals surface area (Å²) in [7, 11) is 0. The second-order valence-electron chi connectivity index (χ2n) is 5.27. The van der Waals surface area contributed by atoms with Crippen LogP contribution in [-0.2, 0) is 0 Å². The number of pyridine rings is 1. The van der Waals surface area contributed by atoms with E-state index in [1.54, 1.807) is 12.4 Å². The Morgan fingerprint density at radius 2 is 2.00 bits per heavy atom. The maximum Gasteiger partial charge on any atom is 0.225 e. The standard InChI is InChI=1S/C18H18BrN5/c1-3-21-18-23-16(13-6-5-9-20-11-13)10-17(24-18)22-15-8-4-7-14(19)12(15)2/h4-11H,3H2,1-2H3,(H2,21,22,23,24). The Bertz CT molecular complexity index is 836. The maximum absolute atomic E-state index is 4.56. The summed E-state index contributed by atoms with van der Waals surface area (Å²) in [6, 6.07) is 11.9. The van der Waals surface area contributed by atoms with Crippen LogP contribution in [0.4, 0.5) is 17.5 Å². The molecule has 0 aliphatic rings. The summed E-state index contributed by atoms with van der Waals surface area (Å²) in [6.45, 7) is 4.83. The fourth-order valence-corrected chi connectivity index (χ4v) is 2.66. The average Bonchev–Trinajstić information content (AvgIpc) is 2.60. The van der Waals surface area contributed by atoms with Crippen molar-refractivity contribution in [2.24, 2.45) is 0 Å². The SMILES string of the molecule is CCNc1nc(Nc2cccc(Br)c2C)cc(-c2cccnc2)n1. The highest BCUT2D eigenvalue weighted by Gasteiger charge is 2.09. The Morgan fingerprint density at radius 1 is 1.12 bits per heavy atom. The molecule has 0 unspecified atom stereocenters. The number of rotatable bonds is 5. The molecule has 0 aliphatic carbocycles. The lowest BCUT2D eigenvalue weighted by Crippen LogP contribution is -2.06. The van der Waals surface area contributed by atoms with Gasteiger partial charge < -0.3 is 10.6 Å². The van der Waals surface area contributed by atoms with Gasteiger partial charge in [-0.15, -0.1) is 0 Å². The highest BCUT2D eigenvalue weighted by atomic mass is 79.9. The van der Waals surface area contributed by atoms with Crippen molar-refractivity contribution < 1.29 is 0 Å². The molecular weight excluding hydrogens is 366 g/mol. The molecule has 3 aromatic rings. The smallest absolute Gasteiger partial charge is 0.225 e. The Kier molecular flexibility index (Phi) is 5.05. The molecule has 2 aromatic heterocycles. The molecule has 0 fully saturated rings. The van der Waals surface area contributed by atoms with Gasteiger partial charge in [0.2, 0.25) is 5.95 Å². The van der Waals surface area contributed by atoms with E-state index in [1.807, 2.05) is 43.3 Å². The molecule has 2 heterocycles. The quantitative estimate of drug-likeness (QED) is 0.663. The maximum atomic E-state index is 4.56. The fraction of sp³-hybridized carbons (Fsp3) is 0.167. The van der Waals surface area contributed by atoms with E-state index in [0.29, 0.717) is 5.95 Å². The van der Waals surface area contributed by atoms with Crippen molar-refractivity contribution in [3.05, 3.63) is 58.8 Å². The van der Waals surface area contributed by atoms with E-state index in [0.717, 1.165) is 39.3 Å². The third-order valence-electron chi connectivity index (χ3n) is 3.55. The van der Waals surface area contributed by atoms with Gasteiger partial charge in [-0.3, -0.25) is 4.98 Å². The van der Waals surface area contributed by atoms with Crippen molar-refractivity contribution in [3.63, 3.8) is 0 Å². The summed E-state index contributed by atoms with van der Waals surface area (Å²) in [5.41, 5.74) is 3.91. The fourth-order valence-electron chi connectivity index (χ4n) is 2.29. The summed E-state index contributed by atoms with van der Waals surface area (Å²) in [4.78, 5) is 13.3. The minimum absolute atomic E-state index is 0.592. The van der Waals surface area contributed by atoms with E-state index in [-0.39, 0.29) is 0 Å². The van der Waals surface area contributed by atoms with Crippen LogP contribution in [0, 0.1) is 6.92 Å². The van der Waals surface area contributed by atoms with E-state index in [9.17, 15) is 0 Å². The number of aromatic nitrogens is 3. The Morgan fingerprint density at radius 3 is 2.75 bits per heavy atom.